The van der Waals surface area contributed by atoms with E-state index in [1.807, 2.05) is 13.8 Å². The lowest BCUT2D eigenvalue weighted by atomic mass is 9.94. The van der Waals surface area contributed by atoms with Crippen LogP contribution in [-0.2, 0) is 0 Å². The molecule has 0 unspecified atom stereocenters. The number of nitrogens with two attached hydrogens (primary N) is 1. The fourth-order valence-electron chi connectivity index (χ4n) is 2.59. The molecule has 0 bridgehead atoms. The minimum Gasteiger partial charge on any atom is -0.350 e. The summed E-state index contributed by atoms with van der Waals surface area (Å²) >= 11 is 0. The molecule has 0 atom stereocenters. The Morgan fingerprint density at radius 3 is 2.37 bits per heavy atom. The lowest BCUT2D eigenvalue weighted by molar-refractivity contribution is 0.0941. The molecular formula is C21H26FN3O2. The Bertz CT molecular complexity index is 832. The van der Waals surface area contributed by atoms with Gasteiger partial charge in [-0.3, -0.25) is 9.59 Å². The summed E-state index contributed by atoms with van der Waals surface area (Å²) in [7, 11) is 0. The summed E-state index contributed by atoms with van der Waals surface area (Å²) in [5.41, 5.74) is 7.35. The van der Waals surface area contributed by atoms with Crippen LogP contribution in [0.5, 0.6) is 0 Å². The van der Waals surface area contributed by atoms with Crippen LogP contribution in [0.15, 0.2) is 42.5 Å². The van der Waals surface area contributed by atoms with Crippen LogP contribution < -0.4 is 16.4 Å². The van der Waals surface area contributed by atoms with E-state index in [2.05, 4.69) is 10.6 Å². The number of halogens is 1. The average Bonchev–Trinajstić information content (AvgIpc) is 2.67. The molecule has 0 spiro atoms. The lowest BCUT2D eigenvalue weighted by Gasteiger charge is -2.26. The number of hydrogen-bond acceptors (Lipinski definition) is 3. The number of benzene rings is 2. The molecule has 2 aromatic carbocycles. The number of carbonyl (C=O) groups is 2. The SMILES string of the molecule is CCC(N)(CC)CNC(=O)c1ccc(C)c(NC(=O)c2ccccc2F)c1. The second-order valence-corrected chi connectivity index (χ2v) is 6.72. The second kappa shape index (κ2) is 8.77. The van der Waals surface area contributed by atoms with E-state index < -0.39 is 17.3 Å². The Balaban J connectivity index is 2.15. The normalized spacial score (nSPS) is 11.1. The lowest BCUT2D eigenvalue weighted by Crippen LogP contribution is -2.49. The number of anilines is 1. The molecule has 2 rings (SSSR count). The van der Waals surface area contributed by atoms with Gasteiger partial charge in [-0.05, 0) is 49.6 Å². The van der Waals surface area contributed by atoms with Gasteiger partial charge in [-0.1, -0.05) is 32.0 Å². The number of hydrogen-bond donors (Lipinski definition) is 3. The zero-order chi connectivity index (χ0) is 20.0. The van der Waals surface area contributed by atoms with E-state index in [0.29, 0.717) is 17.8 Å². The van der Waals surface area contributed by atoms with Gasteiger partial charge in [-0.25, -0.2) is 4.39 Å². The predicted molar refractivity (Wildman–Crippen MR) is 105 cm³/mol. The van der Waals surface area contributed by atoms with Gasteiger partial charge in [0.1, 0.15) is 5.82 Å². The molecule has 0 fully saturated rings. The molecule has 4 N–H and O–H groups in total. The molecule has 0 aromatic heterocycles. The zero-order valence-electron chi connectivity index (χ0n) is 15.9. The van der Waals surface area contributed by atoms with Crippen molar-refractivity contribution in [1.29, 1.82) is 0 Å². The monoisotopic (exact) mass is 371 g/mol. The molecule has 0 aliphatic heterocycles. The summed E-state index contributed by atoms with van der Waals surface area (Å²) < 4.78 is 13.8. The second-order valence-electron chi connectivity index (χ2n) is 6.72. The highest BCUT2D eigenvalue weighted by Crippen LogP contribution is 2.19. The van der Waals surface area contributed by atoms with Crippen molar-refractivity contribution in [2.45, 2.75) is 39.2 Å². The highest BCUT2D eigenvalue weighted by molar-refractivity contribution is 6.05. The fourth-order valence-corrected chi connectivity index (χ4v) is 2.59. The molecule has 144 valence electrons. The summed E-state index contributed by atoms with van der Waals surface area (Å²) in [5, 5.41) is 5.52. The molecule has 6 heteroatoms. The van der Waals surface area contributed by atoms with Crippen molar-refractivity contribution in [3.8, 4) is 0 Å². The molecule has 0 aliphatic rings. The first-order valence-corrected chi connectivity index (χ1v) is 9.03. The van der Waals surface area contributed by atoms with Gasteiger partial charge < -0.3 is 16.4 Å². The molecule has 27 heavy (non-hydrogen) atoms. The average molecular weight is 371 g/mol. The Morgan fingerprint density at radius 2 is 1.74 bits per heavy atom. The predicted octanol–water partition coefficient (Wildman–Crippen LogP) is 3.63. The number of aryl methyl sites for hydroxylation is 1. The molecular weight excluding hydrogens is 345 g/mol. The molecule has 0 radical (unpaired) electrons. The minimum absolute atomic E-state index is 0.0504. The standard InChI is InChI=1S/C21H26FN3O2/c1-4-21(23,5-2)13-24-19(26)15-11-10-14(3)18(12-15)25-20(27)16-8-6-7-9-17(16)22/h6-12H,4-5,13,23H2,1-3H3,(H,24,26)(H,25,27). The third-order valence-corrected chi connectivity index (χ3v) is 4.88. The summed E-state index contributed by atoms with van der Waals surface area (Å²) in [6.07, 6.45) is 1.50. The maximum Gasteiger partial charge on any atom is 0.258 e. The van der Waals surface area contributed by atoms with Crippen LogP contribution in [0.2, 0.25) is 0 Å². The van der Waals surface area contributed by atoms with Gasteiger partial charge in [0.05, 0.1) is 5.56 Å². The van der Waals surface area contributed by atoms with Crippen LogP contribution in [0.3, 0.4) is 0 Å². The van der Waals surface area contributed by atoms with Gasteiger partial charge in [0, 0.05) is 23.3 Å². The van der Waals surface area contributed by atoms with Crippen molar-refractivity contribution in [3.05, 3.63) is 65.0 Å². The minimum atomic E-state index is -0.597. The summed E-state index contributed by atoms with van der Waals surface area (Å²) in [6, 6.07) is 10.8. The number of carbonyl (C=O) groups excluding carboxylic acids is 2. The fraction of sp³-hybridized carbons (Fsp3) is 0.333. The Kier molecular flexibility index (Phi) is 6.69. The van der Waals surface area contributed by atoms with E-state index in [-0.39, 0.29) is 11.5 Å². The van der Waals surface area contributed by atoms with Crippen LogP contribution >= 0.6 is 0 Å². The molecule has 0 heterocycles. The zero-order valence-corrected chi connectivity index (χ0v) is 15.9. The smallest absolute Gasteiger partial charge is 0.258 e. The van der Waals surface area contributed by atoms with Gasteiger partial charge in [0.25, 0.3) is 11.8 Å². The van der Waals surface area contributed by atoms with E-state index in [9.17, 15) is 14.0 Å². The maximum absolute atomic E-state index is 13.8. The van der Waals surface area contributed by atoms with E-state index >= 15 is 0 Å². The van der Waals surface area contributed by atoms with E-state index in [1.54, 1.807) is 31.2 Å². The van der Waals surface area contributed by atoms with Gasteiger partial charge in [0.2, 0.25) is 0 Å². The molecule has 5 nitrogen and oxygen atoms in total. The van der Waals surface area contributed by atoms with Crippen molar-refractivity contribution in [2.24, 2.45) is 5.73 Å². The number of rotatable bonds is 7. The third kappa shape index (κ3) is 5.14. The topological polar surface area (TPSA) is 84.2 Å². The maximum atomic E-state index is 13.8. The van der Waals surface area contributed by atoms with Crippen LogP contribution in [0.25, 0.3) is 0 Å². The van der Waals surface area contributed by atoms with Gasteiger partial charge >= 0.3 is 0 Å². The Labute approximate surface area is 159 Å². The van der Waals surface area contributed by atoms with Crippen molar-refractivity contribution in [1.82, 2.24) is 5.32 Å². The van der Waals surface area contributed by atoms with E-state index in [1.165, 1.54) is 18.2 Å². The number of amides is 2. The first-order chi connectivity index (χ1) is 12.8. The molecule has 2 amide bonds. The van der Waals surface area contributed by atoms with Crippen molar-refractivity contribution >= 4 is 17.5 Å². The molecule has 0 aliphatic carbocycles. The van der Waals surface area contributed by atoms with Crippen molar-refractivity contribution in [2.75, 3.05) is 11.9 Å². The van der Waals surface area contributed by atoms with Crippen LogP contribution in [0, 0.1) is 12.7 Å². The van der Waals surface area contributed by atoms with Crippen LogP contribution in [0.1, 0.15) is 53.0 Å². The van der Waals surface area contributed by atoms with Crippen molar-refractivity contribution in [3.63, 3.8) is 0 Å². The Hall–Kier alpha value is -2.73. The highest BCUT2D eigenvalue weighted by atomic mass is 19.1. The summed E-state index contributed by atoms with van der Waals surface area (Å²) in [6.45, 7) is 6.14. The van der Waals surface area contributed by atoms with Crippen LogP contribution in [-0.4, -0.2) is 23.9 Å². The number of nitrogens with one attached hydrogen (secondary N) is 2. The quantitative estimate of drug-likeness (QED) is 0.695. The highest BCUT2D eigenvalue weighted by Gasteiger charge is 2.21. The van der Waals surface area contributed by atoms with Gasteiger partial charge in [-0.15, -0.1) is 0 Å². The van der Waals surface area contributed by atoms with Gasteiger partial charge in [0.15, 0.2) is 0 Å². The van der Waals surface area contributed by atoms with E-state index in [0.717, 1.165) is 18.4 Å². The summed E-state index contributed by atoms with van der Waals surface area (Å²) in [4.78, 5) is 24.8. The summed E-state index contributed by atoms with van der Waals surface area (Å²) in [5.74, 6) is -1.43. The molecule has 0 saturated carbocycles. The van der Waals surface area contributed by atoms with Crippen molar-refractivity contribution < 1.29 is 14.0 Å². The largest absolute Gasteiger partial charge is 0.350 e. The third-order valence-electron chi connectivity index (χ3n) is 4.88. The first kappa shape index (κ1) is 20.6. The Morgan fingerprint density at radius 1 is 1.07 bits per heavy atom. The van der Waals surface area contributed by atoms with Crippen LogP contribution in [0.4, 0.5) is 10.1 Å². The van der Waals surface area contributed by atoms with E-state index in [4.69, 9.17) is 5.73 Å². The molecule has 0 saturated heterocycles. The van der Waals surface area contributed by atoms with Gasteiger partial charge in [-0.2, -0.15) is 0 Å². The molecule has 2 aromatic rings. The first-order valence-electron chi connectivity index (χ1n) is 9.03.